The molecule has 0 fully saturated rings. The number of hydrogen-bond donors (Lipinski definition) is 2. The number of sulfonamides is 1. The summed E-state index contributed by atoms with van der Waals surface area (Å²) in [5, 5.41) is 0. The summed E-state index contributed by atoms with van der Waals surface area (Å²) in [6.07, 6.45) is 3.20. The minimum absolute atomic E-state index is 0.0500. The Morgan fingerprint density at radius 1 is 1.17 bits per heavy atom. The van der Waals surface area contributed by atoms with Crippen molar-refractivity contribution in [1.82, 2.24) is 19.9 Å². The zero-order valence-electron chi connectivity index (χ0n) is 17.1. The fourth-order valence-electron chi connectivity index (χ4n) is 2.85. The van der Waals surface area contributed by atoms with E-state index in [2.05, 4.69) is 19.9 Å². The molecule has 160 valence electrons. The van der Waals surface area contributed by atoms with Crippen LogP contribution in [0.4, 0.5) is 14.5 Å². The van der Waals surface area contributed by atoms with Gasteiger partial charge in [0.25, 0.3) is 0 Å². The van der Waals surface area contributed by atoms with Crippen LogP contribution in [0.2, 0.25) is 0 Å². The third-order valence-corrected chi connectivity index (χ3v) is 5.79. The van der Waals surface area contributed by atoms with Gasteiger partial charge in [0.05, 0.1) is 17.1 Å². The van der Waals surface area contributed by atoms with Gasteiger partial charge in [-0.1, -0.05) is 27.7 Å². The van der Waals surface area contributed by atoms with Crippen molar-refractivity contribution in [2.24, 2.45) is 0 Å². The second-order valence-electron chi connectivity index (χ2n) is 7.86. The first kappa shape index (κ1) is 21.8. The lowest BCUT2D eigenvalue weighted by atomic mass is 9.96. The van der Waals surface area contributed by atoms with E-state index in [1.165, 1.54) is 18.6 Å². The number of rotatable bonds is 6. The molecule has 1 aromatic carbocycles. The number of nitrogens with one attached hydrogen (secondary N) is 2. The summed E-state index contributed by atoms with van der Waals surface area (Å²) in [7, 11) is -3.89. The van der Waals surface area contributed by atoms with Gasteiger partial charge in [-0.05, 0) is 24.6 Å². The number of halogens is 2. The predicted octanol–water partition coefficient (Wildman–Crippen LogP) is 4.26. The van der Waals surface area contributed by atoms with Crippen LogP contribution in [-0.2, 0) is 15.4 Å². The van der Waals surface area contributed by atoms with Crippen LogP contribution >= 0.6 is 0 Å². The zero-order valence-corrected chi connectivity index (χ0v) is 17.9. The van der Waals surface area contributed by atoms with E-state index in [-0.39, 0.29) is 22.4 Å². The van der Waals surface area contributed by atoms with E-state index in [0.717, 1.165) is 6.07 Å². The Labute approximate surface area is 174 Å². The van der Waals surface area contributed by atoms with E-state index < -0.39 is 27.3 Å². The Morgan fingerprint density at radius 2 is 1.90 bits per heavy atom. The van der Waals surface area contributed by atoms with Crippen LogP contribution in [0.1, 0.15) is 39.9 Å². The van der Waals surface area contributed by atoms with Gasteiger partial charge in [0, 0.05) is 17.2 Å². The molecule has 3 aromatic rings. The van der Waals surface area contributed by atoms with Gasteiger partial charge in [-0.15, -0.1) is 0 Å². The lowest BCUT2D eigenvalue weighted by Crippen LogP contribution is -2.18. The maximum Gasteiger partial charge on any atom is 0.232 e. The van der Waals surface area contributed by atoms with Gasteiger partial charge >= 0.3 is 0 Å². The first-order valence-corrected chi connectivity index (χ1v) is 11.0. The molecule has 0 radical (unpaired) electrons. The molecule has 0 saturated carbocycles. The van der Waals surface area contributed by atoms with Gasteiger partial charge in [0.2, 0.25) is 10.0 Å². The molecule has 0 saturated heterocycles. The second kappa shape index (κ2) is 8.10. The van der Waals surface area contributed by atoms with Crippen molar-refractivity contribution in [3.8, 4) is 22.6 Å². The molecule has 3 rings (SSSR count). The molecule has 0 aliphatic heterocycles. The largest absolute Gasteiger partial charge is 0.340 e. The lowest BCUT2D eigenvalue weighted by molar-refractivity contribution is 0.553. The Bertz CT molecular complexity index is 1160. The van der Waals surface area contributed by atoms with Crippen molar-refractivity contribution in [2.75, 3.05) is 10.5 Å². The average molecular weight is 436 g/mol. The summed E-state index contributed by atoms with van der Waals surface area (Å²) in [5.41, 5.74) is -0.0646. The van der Waals surface area contributed by atoms with Crippen molar-refractivity contribution in [1.29, 1.82) is 0 Å². The Morgan fingerprint density at radius 3 is 2.50 bits per heavy atom. The topological polar surface area (TPSA) is 101 Å². The van der Waals surface area contributed by atoms with Crippen molar-refractivity contribution in [3.63, 3.8) is 0 Å². The first-order valence-electron chi connectivity index (χ1n) is 9.39. The zero-order chi connectivity index (χ0) is 22.1. The number of aromatic amines is 1. The van der Waals surface area contributed by atoms with Crippen molar-refractivity contribution < 1.29 is 17.2 Å². The first-order chi connectivity index (χ1) is 14.0. The average Bonchev–Trinajstić information content (AvgIpc) is 3.11. The lowest BCUT2D eigenvalue weighted by Gasteiger charge is -2.14. The number of imidazole rings is 1. The molecule has 30 heavy (non-hydrogen) atoms. The van der Waals surface area contributed by atoms with E-state index in [1.807, 2.05) is 25.5 Å². The summed E-state index contributed by atoms with van der Waals surface area (Å²) < 4.78 is 55.9. The van der Waals surface area contributed by atoms with E-state index >= 15 is 4.39 Å². The van der Waals surface area contributed by atoms with E-state index in [1.54, 1.807) is 13.0 Å². The van der Waals surface area contributed by atoms with Crippen LogP contribution in [-0.4, -0.2) is 34.1 Å². The van der Waals surface area contributed by atoms with Crippen molar-refractivity contribution in [3.05, 3.63) is 48.2 Å². The van der Waals surface area contributed by atoms with Gasteiger partial charge in [0.15, 0.2) is 5.82 Å². The van der Waals surface area contributed by atoms with Gasteiger partial charge in [-0.25, -0.2) is 32.2 Å². The third kappa shape index (κ3) is 4.48. The molecule has 2 N–H and O–H groups in total. The molecule has 2 heterocycles. The molecule has 0 spiro atoms. The molecule has 7 nitrogen and oxygen atoms in total. The molecule has 2 aromatic heterocycles. The van der Waals surface area contributed by atoms with E-state index in [0.29, 0.717) is 23.6 Å². The smallest absolute Gasteiger partial charge is 0.232 e. The third-order valence-electron chi connectivity index (χ3n) is 4.33. The van der Waals surface area contributed by atoms with Crippen molar-refractivity contribution >= 4 is 15.7 Å². The standard InChI is InChI=1S/C20H23F2N5O2S/c1-5-10-30(28,29)27-17-13(21)7-6-12(15(17)22)16-18(14-8-9-23-11-24-14)26-19(25-16)20(2,3)4/h6-9,11,27H,5,10H2,1-4H3,(H,25,26). The van der Waals surface area contributed by atoms with Crippen LogP contribution in [0, 0.1) is 11.6 Å². The highest BCUT2D eigenvalue weighted by Gasteiger charge is 2.27. The van der Waals surface area contributed by atoms with Crippen LogP contribution in [0.3, 0.4) is 0 Å². The highest BCUT2D eigenvalue weighted by Crippen LogP contribution is 2.36. The van der Waals surface area contributed by atoms with E-state index in [4.69, 9.17) is 0 Å². The molecule has 0 bridgehead atoms. The van der Waals surface area contributed by atoms with Gasteiger partial charge in [-0.3, -0.25) is 4.72 Å². The number of nitrogens with zero attached hydrogens (tertiary/aromatic N) is 3. The maximum absolute atomic E-state index is 15.3. The van der Waals surface area contributed by atoms with Crippen LogP contribution in [0.5, 0.6) is 0 Å². The fraction of sp³-hybridized carbons (Fsp3) is 0.350. The summed E-state index contributed by atoms with van der Waals surface area (Å²) in [6.45, 7) is 7.47. The van der Waals surface area contributed by atoms with Crippen LogP contribution < -0.4 is 4.72 Å². The van der Waals surface area contributed by atoms with Crippen LogP contribution in [0.15, 0.2) is 30.7 Å². The SMILES string of the molecule is CCCS(=O)(=O)Nc1c(F)ccc(-c2nc(C(C)(C)C)[nH]c2-c2ccncn2)c1F. The Balaban J connectivity index is 2.21. The summed E-state index contributed by atoms with van der Waals surface area (Å²) in [5.74, 6) is -1.73. The molecule has 10 heteroatoms. The monoisotopic (exact) mass is 435 g/mol. The van der Waals surface area contributed by atoms with Crippen molar-refractivity contribution in [2.45, 2.75) is 39.5 Å². The summed E-state index contributed by atoms with van der Waals surface area (Å²) >= 11 is 0. The number of anilines is 1. The molecular weight excluding hydrogens is 412 g/mol. The number of benzene rings is 1. The predicted molar refractivity (Wildman–Crippen MR) is 111 cm³/mol. The van der Waals surface area contributed by atoms with Gasteiger partial charge < -0.3 is 4.98 Å². The Hall–Kier alpha value is -2.88. The van der Waals surface area contributed by atoms with Gasteiger partial charge in [0.1, 0.15) is 29.4 Å². The molecule has 0 amide bonds. The summed E-state index contributed by atoms with van der Waals surface area (Å²) in [4.78, 5) is 15.8. The fourth-order valence-corrected chi connectivity index (χ4v) is 3.99. The normalized spacial score (nSPS) is 12.2. The Kier molecular flexibility index (Phi) is 5.89. The highest BCUT2D eigenvalue weighted by atomic mass is 32.2. The molecule has 0 atom stereocenters. The molecular formula is C20H23F2N5O2S. The minimum Gasteiger partial charge on any atom is -0.340 e. The highest BCUT2D eigenvalue weighted by molar-refractivity contribution is 7.92. The second-order valence-corrected chi connectivity index (χ2v) is 9.70. The van der Waals surface area contributed by atoms with Gasteiger partial charge in [-0.2, -0.15) is 0 Å². The summed E-state index contributed by atoms with van der Waals surface area (Å²) in [6, 6.07) is 3.88. The quantitative estimate of drug-likeness (QED) is 0.602. The number of hydrogen-bond acceptors (Lipinski definition) is 5. The molecule has 0 aliphatic carbocycles. The molecule has 0 unspecified atom stereocenters. The molecule has 0 aliphatic rings. The van der Waals surface area contributed by atoms with Crippen LogP contribution in [0.25, 0.3) is 22.6 Å². The number of H-pyrrole nitrogens is 1. The number of aromatic nitrogens is 4. The minimum atomic E-state index is -3.89. The van der Waals surface area contributed by atoms with E-state index in [9.17, 15) is 12.8 Å². The maximum atomic E-state index is 15.3.